The van der Waals surface area contributed by atoms with Crippen molar-refractivity contribution in [2.24, 2.45) is 0 Å². The minimum absolute atomic E-state index is 0.135. The quantitative estimate of drug-likeness (QED) is 0.392. The molecule has 0 amide bonds. The van der Waals surface area contributed by atoms with Crippen LogP contribution in [0.4, 0.5) is 22.0 Å². The molecule has 0 radical (unpaired) electrons. The van der Waals surface area contributed by atoms with Gasteiger partial charge < -0.3 is 0 Å². The second-order valence-electron chi connectivity index (χ2n) is 6.58. The highest BCUT2D eigenvalue weighted by Crippen LogP contribution is 2.44. The average Bonchev–Trinajstić information content (AvgIpc) is 2.96. The molecule has 0 atom stereocenters. The molecule has 3 aromatic rings. The molecule has 0 spiro atoms. The molecule has 0 bridgehead atoms. The normalized spacial score (nSPS) is 16.8. The summed E-state index contributed by atoms with van der Waals surface area (Å²) >= 11 is 0.773. The van der Waals surface area contributed by atoms with Crippen molar-refractivity contribution in [1.29, 1.82) is 0 Å². The van der Waals surface area contributed by atoms with E-state index in [0.717, 1.165) is 49.5 Å². The van der Waals surface area contributed by atoms with Crippen LogP contribution in [0.5, 0.6) is 0 Å². The van der Waals surface area contributed by atoms with E-state index in [4.69, 9.17) is 0 Å². The fourth-order valence-corrected chi connectivity index (χ4v) is 4.99. The number of thiophene rings is 1. The van der Waals surface area contributed by atoms with E-state index in [1.54, 1.807) is 12.1 Å². The SMILES string of the molecule is Fc1c(C2CCCCC2)ccc2c1sc1c(F)c(C(F)(F)F)ccc12. The van der Waals surface area contributed by atoms with Crippen LogP contribution in [0.15, 0.2) is 24.3 Å². The number of benzene rings is 2. The second-order valence-corrected chi connectivity index (χ2v) is 7.60. The van der Waals surface area contributed by atoms with Crippen molar-refractivity contribution < 1.29 is 22.0 Å². The molecule has 1 aliphatic rings. The minimum atomic E-state index is -4.76. The number of halogens is 5. The van der Waals surface area contributed by atoms with Crippen LogP contribution in [0.2, 0.25) is 0 Å². The van der Waals surface area contributed by atoms with Crippen LogP contribution >= 0.6 is 11.3 Å². The monoisotopic (exact) mass is 370 g/mol. The van der Waals surface area contributed by atoms with E-state index in [1.165, 1.54) is 6.07 Å². The summed E-state index contributed by atoms with van der Waals surface area (Å²) in [5.74, 6) is -1.58. The van der Waals surface area contributed by atoms with Gasteiger partial charge in [-0.05, 0) is 30.4 Å². The Hall–Kier alpha value is -1.69. The second kappa shape index (κ2) is 5.94. The number of alkyl halides is 3. The zero-order valence-electron chi connectivity index (χ0n) is 13.2. The third-order valence-electron chi connectivity index (χ3n) is 5.07. The van der Waals surface area contributed by atoms with E-state index >= 15 is 4.39 Å². The molecule has 1 fully saturated rings. The van der Waals surface area contributed by atoms with Crippen molar-refractivity contribution in [3.63, 3.8) is 0 Å². The molecule has 1 saturated carbocycles. The van der Waals surface area contributed by atoms with Gasteiger partial charge in [-0.3, -0.25) is 0 Å². The lowest BCUT2D eigenvalue weighted by Gasteiger charge is -2.22. The van der Waals surface area contributed by atoms with Crippen molar-refractivity contribution in [1.82, 2.24) is 0 Å². The van der Waals surface area contributed by atoms with Crippen molar-refractivity contribution in [3.8, 4) is 0 Å². The van der Waals surface area contributed by atoms with Gasteiger partial charge in [0.1, 0.15) is 5.82 Å². The standard InChI is InChI=1S/C19H15F5S/c20-15-11(10-4-2-1-3-5-10)6-7-12-13-8-9-14(19(22,23)24)16(21)18(13)25-17(12)15/h6-10H,1-5H2. The summed E-state index contributed by atoms with van der Waals surface area (Å²) in [5.41, 5.74) is -0.699. The topological polar surface area (TPSA) is 0 Å². The predicted octanol–water partition coefficient (Wildman–Crippen LogP) is 7.40. The number of hydrogen-bond donors (Lipinski definition) is 0. The highest BCUT2D eigenvalue weighted by Gasteiger charge is 2.35. The Labute approximate surface area is 145 Å². The van der Waals surface area contributed by atoms with Crippen molar-refractivity contribution in [2.75, 3.05) is 0 Å². The van der Waals surface area contributed by atoms with Crippen LogP contribution in [-0.4, -0.2) is 0 Å². The summed E-state index contributed by atoms with van der Waals surface area (Å²) < 4.78 is 68.2. The van der Waals surface area contributed by atoms with Gasteiger partial charge in [0, 0.05) is 10.8 Å². The van der Waals surface area contributed by atoms with Gasteiger partial charge in [-0.1, -0.05) is 37.5 Å². The molecular formula is C19H15F5S. The summed E-state index contributed by atoms with van der Waals surface area (Å²) in [6, 6.07) is 5.40. The van der Waals surface area contributed by atoms with Crippen LogP contribution in [0.1, 0.15) is 49.1 Å². The smallest absolute Gasteiger partial charge is 0.205 e. The molecule has 132 valence electrons. The Morgan fingerprint density at radius 3 is 2.04 bits per heavy atom. The molecule has 0 aliphatic heterocycles. The van der Waals surface area contributed by atoms with Gasteiger partial charge in [0.2, 0.25) is 0 Å². The molecule has 6 heteroatoms. The Bertz CT molecular complexity index is 948. The Balaban J connectivity index is 1.92. The van der Waals surface area contributed by atoms with Gasteiger partial charge in [-0.2, -0.15) is 13.2 Å². The van der Waals surface area contributed by atoms with Gasteiger partial charge in [0.25, 0.3) is 0 Å². The lowest BCUT2D eigenvalue weighted by Crippen LogP contribution is -2.07. The van der Waals surface area contributed by atoms with Crippen LogP contribution in [0.3, 0.4) is 0 Å². The molecule has 0 saturated heterocycles. The first-order valence-corrected chi connectivity index (χ1v) is 9.10. The highest BCUT2D eigenvalue weighted by atomic mass is 32.1. The molecule has 1 aliphatic carbocycles. The number of rotatable bonds is 1. The van der Waals surface area contributed by atoms with E-state index in [2.05, 4.69) is 0 Å². The van der Waals surface area contributed by atoms with Gasteiger partial charge >= 0.3 is 6.18 Å². The molecule has 25 heavy (non-hydrogen) atoms. The van der Waals surface area contributed by atoms with Crippen molar-refractivity contribution in [2.45, 2.75) is 44.2 Å². The van der Waals surface area contributed by atoms with Crippen LogP contribution in [0, 0.1) is 11.6 Å². The lowest BCUT2D eigenvalue weighted by molar-refractivity contribution is -0.139. The third-order valence-corrected chi connectivity index (χ3v) is 6.28. The molecule has 1 heterocycles. The van der Waals surface area contributed by atoms with E-state index in [-0.39, 0.29) is 15.3 Å². The van der Waals surface area contributed by atoms with Gasteiger partial charge in [-0.15, -0.1) is 11.3 Å². The largest absolute Gasteiger partial charge is 0.419 e. The first-order chi connectivity index (χ1) is 11.9. The lowest BCUT2D eigenvalue weighted by atomic mass is 9.83. The van der Waals surface area contributed by atoms with E-state index in [1.807, 2.05) is 0 Å². The summed E-state index contributed by atoms with van der Waals surface area (Å²) in [4.78, 5) is 0. The van der Waals surface area contributed by atoms with Crippen LogP contribution in [-0.2, 0) is 6.18 Å². The molecule has 1 aromatic heterocycles. The Kier molecular flexibility index (Phi) is 3.98. The Morgan fingerprint density at radius 2 is 1.40 bits per heavy atom. The highest BCUT2D eigenvalue weighted by molar-refractivity contribution is 7.25. The number of hydrogen-bond acceptors (Lipinski definition) is 1. The maximum absolute atomic E-state index is 15.0. The van der Waals surface area contributed by atoms with Crippen molar-refractivity contribution >= 4 is 31.5 Å². The molecule has 0 N–H and O–H groups in total. The zero-order chi connectivity index (χ0) is 17.8. The molecule has 0 unspecified atom stereocenters. The van der Waals surface area contributed by atoms with E-state index in [0.29, 0.717) is 16.3 Å². The summed E-state index contributed by atoms with van der Waals surface area (Å²) in [7, 11) is 0. The minimum Gasteiger partial charge on any atom is -0.205 e. The molecular weight excluding hydrogens is 355 g/mol. The van der Waals surface area contributed by atoms with Gasteiger partial charge in [0.15, 0.2) is 5.82 Å². The van der Waals surface area contributed by atoms with Crippen molar-refractivity contribution in [3.05, 3.63) is 47.0 Å². The summed E-state index contributed by atoms with van der Waals surface area (Å²) in [5, 5.41) is 0.810. The van der Waals surface area contributed by atoms with Crippen LogP contribution in [0.25, 0.3) is 20.2 Å². The average molecular weight is 370 g/mol. The first-order valence-electron chi connectivity index (χ1n) is 8.28. The maximum Gasteiger partial charge on any atom is 0.419 e. The third kappa shape index (κ3) is 2.71. The van der Waals surface area contributed by atoms with Gasteiger partial charge in [0.05, 0.1) is 15.0 Å². The summed E-state index contributed by atoms with van der Waals surface area (Å²) in [6.07, 6.45) is 0.324. The summed E-state index contributed by atoms with van der Waals surface area (Å²) in [6.45, 7) is 0. The van der Waals surface area contributed by atoms with Crippen LogP contribution < -0.4 is 0 Å². The maximum atomic E-state index is 15.0. The van der Waals surface area contributed by atoms with E-state index < -0.39 is 23.4 Å². The fraction of sp³-hybridized carbons (Fsp3) is 0.368. The van der Waals surface area contributed by atoms with Gasteiger partial charge in [-0.25, -0.2) is 8.78 Å². The molecule has 4 rings (SSSR count). The molecule has 2 aromatic carbocycles. The van der Waals surface area contributed by atoms with E-state index in [9.17, 15) is 17.6 Å². The zero-order valence-corrected chi connectivity index (χ0v) is 14.0. The number of fused-ring (bicyclic) bond motifs is 3. The Morgan fingerprint density at radius 1 is 0.800 bits per heavy atom. The predicted molar refractivity (Wildman–Crippen MR) is 90.1 cm³/mol. The first kappa shape index (κ1) is 16.8. The fourth-order valence-electron chi connectivity index (χ4n) is 3.80. The molecule has 0 nitrogen and oxygen atoms in total.